The summed E-state index contributed by atoms with van der Waals surface area (Å²) in [5.41, 5.74) is 6.20. The van der Waals surface area contributed by atoms with Crippen LogP contribution in [0.5, 0.6) is 0 Å². The monoisotopic (exact) mass is 351 g/mol. The highest BCUT2D eigenvalue weighted by Crippen LogP contribution is 2.36. The van der Waals surface area contributed by atoms with Crippen molar-refractivity contribution in [2.45, 2.75) is 19.1 Å². The summed E-state index contributed by atoms with van der Waals surface area (Å²) in [6.45, 7) is 1.70. The molecular weight excluding hydrogens is 339 g/mol. The fraction of sp³-hybridized carbons (Fsp3) is 0.176. The summed E-state index contributed by atoms with van der Waals surface area (Å²) in [6.07, 6.45) is -4.53. The lowest BCUT2D eigenvalue weighted by Gasteiger charge is -2.16. The van der Waals surface area contributed by atoms with Crippen molar-refractivity contribution >= 4 is 22.6 Å². The van der Waals surface area contributed by atoms with Crippen molar-refractivity contribution in [1.82, 2.24) is 9.97 Å². The van der Waals surface area contributed by atoms with E-state index in [9.17, 15) is 13.2 Å². The molecule has 0 saturated carbocycles. The average molecular weight is 352 g/mol. The number of hydrogen-bond acceptors (Lipinski definition) is 3. The van der Waals surface area contributed by atoms with Crippen molar-refractivity contribution in [2.24, 2.45) is 5.73 Å². The number of benzene rings is 2. The number of para-hydroxylation sites is 1. The van der Waals surface area contributed by atoms with Crippen molar-refractivity contribution in [3.05, 3.63) is 58.7 Å². The molecule has 0 aliphatic rings. The molecule has 0 saturated heterocycles. The van der Waals surface area contributed by atoms with E-state index in [4.69, 9.17) is 17.3 Å². The number of aromatic nitrogens is 2. The van der Waals surface area contributed by atoms with E-state index in [2.05, 4.69) is 9.97 Å². The van der Waals surface area contributed by atoms with Gasteiger partial charge in [0.25, 0.3) is 0 Å². The molecule has 3 aromatic rings. The standard InChI is InChI=1S/C17H13ClF3N3/c1-9(22)14-15(10-5-2-3-7-12(10)18)24-16-11(17(19,20)21)6-4-8-13(16)23-14/h2-9H,22H2,1H3. The fourth-order valence-electron chi connectivity index (χ4n) is 2.49. The molecule has 0 aliphatic heterocycles. The maximum absolute atomic E-state index is 13.3. The second-order valence-electron chi connectivity index (χ2n) is 5.40. The zero-order valence-corrected chi connectivity index (χ0v) is 13.4. The van der Waals surface area contributed by atoms with E-state index in [1.54, 1.807) is 31.2 Å². The zero-order valence-electron chi connectivity index (χ0n) is 12.6. The number of hydrogen-bond donors (Lipinski definition) is 1. The van der Waals surface area contributed by atoms with Crippen LogP contribution in [-0.4, -0.2) is 9.97 Å². The molecule has 3 nitrogen and oxygen atoms in total. The minimum atomic E-state index is -4.53. The highest BCUT2D eigenvalue weighted by molar-refractivity contribution is 6.33. The first-order valence-corrected chi connectivity index (χ1v) is 7.55. The lowest BCUT2D eigenvalue weighted by molar-refractivity contribution is -0.136. The number of alkyl halides is 3. The van der Waals surface area contributed by atoms with E-state index in [1.807, 2.05) is 0 Å². The molecule has 1 aromatic heterocycles. The van der Waals surface area contributed by atoms with Crippen molar-refractivity contribution in [3.63, 3.8) is 0 Å². The quantitative estimate of drug-likeness (QED) is 0.707. The van der Waals surface area contributed by atoms with Crippen molar-refractivity contribution in [3.8, 4) is 11.3 Å². The minimum absolute atomic E-state index is 0.146. The molecular formula is C17H13ClF3N3. The van der Waals surface area contributed by atoms with Crippen LogP contribution in [0.25, 0.3) is 22.3 Å². The third-order valence-corrected chi connectivity index (χ3v) is 3.92. The van der Waals surface area contributed by atoms with Gasteiger partial charge in [-0.3, -0.25) is 0 Å². The first-order valence-electron chi connectivity index (χ1n) is 7.17. The van der Waals surface area contributed by atoms with Gasteiger partial charge in [0.2, 0.25) is 0 Å². The van der Waals surface area contributed by atoms with Crippen molar-refractivity contribution in [2.75, 3.05) is 0 Å². The zero-order chi connectivity index (χ0) is 17.5. The highest BCUT2D eigenvalue weighted by atomic mass is 35.5. The van der Waals surface area contributed by atoms with E-state index in [1.165, 1.54) is 12.1 Å². The van der Waals surface area contributed by atoms with Gasteiger partial charge in [0, 0.05) is 11.6 Å². The number of halogens is 4. The van der Waals surface area contributed by atoms with E-state index >= 15 is 0 Å². The number of fused-ring (bicyclic) bond motifs is 1. The molecule has 0 radical (unpaired) electrons. The Labute approximate surface area is 141 Å². The molecule has 124 valence electrons. The van der Waals surface area contributed by atoms with Crippen LogP contribution >= 0.6 is 11.6 Å². The Morgan fingerprint density at radius 2 is 1.75 bits per heavy atom. The average Bonchev–Trinajstić information content (AvgIpc) is 2.52. The van der Waals surface area contributed by atoms with Gasteiger partial charge in [0.15, 0.2) is 0 Å². The normalized spacial score (nSPS) is 13.2. The molecule has 0 bridgehead atoms. The van der Waals surface area contributed by atoms with E-state index in [0.29, 0.717) is 16.3 Å². The van der Waals surface area contributed by atoms with Crippen molar-refractivity contribution < 1.29 is 13.2 Å². The number of nitrogens with zero attached hydrogens (tertiary/aromatic N) is 2. The fourth-order valence-corrected chi connectivity index (χ4v) is 2.71. The van der Waals surface area contributed by atoms with Crippen LogP contribution in [-0.2, 0) is 6.18 Å². The molecule has 1 heterocycles. The summed E-state index contributed by atoms with van der Waals surface area (Å²) in [5, 5.41) is 0.373. The topological polar surface area (TPSA) is 51.8 Å². The summed E-state index contributed by atoms with van der Waals surface area (Å²) in [6, 6.07) is 10.0. The summed E-state index contributed by atoms with van der Waals surface area (Å²) < 4.78 is 39.8. The number of nitrogens with two attached hydrogens (primary N) is 1. The Kier molecular flexibility index (Phi) is 4.19. The molecule has 0 spiro atoms. The van der Waals surface area contributed by atoms with Crippen LogP contribution in [0.4, 0.5) is 13.2 Å². The highest BCUT2D eigenvalue weighted by Gasteiger charge is 2.34. The maximum Gasteiger partial charge on any atom is 0.418 e. The first kappa shape index (κ1) is 16.7. The molecule has 24 heavy (non-hydrogen) atoms. The van der Waals surface area contributed by atoms with Gasteiger partial charge in [0.05, 0.1) is 27.5 Å². The van der Waals surface area contributed by atoms with Gasteiger partial charge in [-0.15, -0.1) is 0 Å². The Morgan fingerprint density at radius 3 is 2.38 bits per heavy atom. The molecule has 2 aromatic carbocycles. The summed E-state index contributed by atoms with van der Waals surface area (Å²) in [7, 11) is 0. The van der Waals surface area contributed by atoms with Crippen LogP contribution in [0.2, 0.25) is 5.02 Å². The Balaban J connectivity index is 2.39. The molecule has 7 heteroatoms. The Bertz CT molecular complexity index is 907. The number of rotatable bonds is 2. The van der Waals surface area contributed by atoms with Gasteiger partial charge in [-0.05, 0) is 25.1 Å². The van der Waals surface area contributed by atoms with Gasteiger partial charge >= 0.3 is 6.18 Å². The van der Waals surface area contributed by atoms with Gasteiger partial charge < -0.3 is 5.73 Å². The lowest BCUT2D eigenvalue weighted by Crippen LogP contribution is -2.13. The lowest BCUT2D eigenvalue weighted by atomic mass is 10.0. The second-order valence-corrected chi connectivity index (χ2v) is 5.80. The van der Waals surface area contributed by atoms with Crippen LogP contribution in [0, 0.1) is 0 Å². The molecule has 2 N–H and O–H groups in total. The third-order valence-electron chi connectivity index (χ3n) is 3.59. The van der Waals surface area contributed by atoms with Crippen LogP contribution in [0.3, 0.4) is 0 Å². The molecule has 3 rings (SSSR count). The van der Waals surface area contributed by atoms with Gasteiger partial charge in [0.1, 0.15) is 5.52 Å². The Morgan fingerprint density at radius 1 is 1.04 bits per heavy atom. The molecule has 0 fully saturated rings. The van der Waals surface area contributed by atoms with Crippen molar-refractivity contribution in [1.29, 1.82) is 0 Å². The minimum Gasteiger partial charge on any atom is -0.323 e. The first-order chi connectivity index (χ1) is 11.3. The third kappa shape index (κ3) is 2.95. The summed E-state index contributed by atoms with van der Waals surface area (Å²) >= 11 is 6.19. The van der Waals surface area contributed by atoms with Gasteiger partial charge in [-0.25, -0.2) is 9.97 Å². The maximum atomic E-state index is 13.3. The van der Waals surface area contributed by atoms with Crippen LogP contribution in [0.15, 0.2) is 42.5 Å². The van der Waals surface area contributed by atoms with Gasteiger partial charge in [-0.2, -0.15) is 13.2 Å². The van der Waals surface area contributed by atoms with Crippen LogP contribution in [0.1, 0.15) is 24.2 Å². The van der Waals surface area contributed by atoms with E-state index in [-0.39, 0.29) is 16.7 Å². The van der Waals surface area contributed by atoms with Crippen LogP contribution < -0.4 is 5.73 Å². The Hall–Kier alpha value is -2.18. The van der Waals surface area contributed by atoms with Gasteiger partial charge in [-0.1, -0.05) is 35.9 Å². The smallest absolute Gasteiger partial charge is 0.323 e. The largest absolute Gasteiger partial charge is 0.418 e. The SMILES string of the molecule is CC(N)c1nc2cccc(C(F)(F)F)c2nc1-c1ccccc1Cl. The molecule has 1 atom stereocenters. The molecule has 0 amide bonds. The predicted octanol–water partition coefficient (Wildman–Crippen LogP) is 4.99. The second kappa shape index (κ2) is 6.03. The summed E-state index contributed by atoms with van der Waals surface area (Å²) in [5.74, 6) is 0. The molecule has 0 aliphatic carbocycles. The molecule has 1 unspecified atom stereocenters. The summed E-state index contributed by atoms with van der Waals surface area (Å²) in [4.78, 5) is 8.57. The van der Waals surface area contributed by atoms with E-state index in [0.717, 1.165) is 6.07 Å². The van der Waals surface area contributed by atoms with E-state index < -0.39 is 17.8 Å². The predicted molar refractivity (Wildman–Crippen MR) is 87.6 cm³/mol.